The van der Waals surface area contributed by atoms with Crippen molar-refractivity contribution in [1.29, 1.82) is 0 Å². The Morgan fingerprint density at radius 3 is 2.68 bits per heavy atom. The molecule has 4 aromatic rings. The molecule has 0 saturated carbocycles. The van der Waals surface area contributed by atoms with Gasteiger partial charge in [0.05, 0.1) is 12.6 Å². The summed E-state index contributed by atoms with van der Waals surface area (Å²) in [5, 5.41) is 9.11. The molecule has 0 radical (unpaired) electrons. The van der Waals surface area contributed by atoms with Gasteiger partial charge >= 0.3 is 6.18 Å². The minimum absolute atomic E-state index is 0.0115. The predicted octanol–water partition coefficient (Wildman–Crippen LogP) is 3.93. The average Bonchev–Trinajstić information content (AvgIpc) is 3.41. The lowest BCUT2D eigenvalue weighted by Crippen LogP contribution is -2.47. The summed E-state index contributed by atoms with van der Waals surface area (Å²) in [5.74, 6) is 0.863. The highest BCUT2D eigenvalue weighted by Crippen LogP contribution is 2.41. The van der Waals surface area contributed by atoms with E-state index in [1.807, 2.05) is 18.2 Å². The van der Waals surface area contributed by atoms with E-state index < -0.39 is 24.4 Å². The van der Waals surface area contributed by atoms with E-state index in [-0.39, 0.29) is 25.1 Å². The van der Waals surface area contributed by atoms with E-state index in [4.69, 9.17) is 10.5 Å². The quantitative estimate of drug-likeness (QED) is 0.442. The SMILES string of the molecule is COc1cccc2ccc(-c3nnc4ccc([C@@H](N5CC[C@](N)(CF)C5)C(F)(F)F)cn34)nc12. The molecule has 0 amide bonds. The second-order valence-corrected chi connectivity index (χ2v) is 8.60. The summed E-state index contributed by atoms with van der Waals surface area (Å²) in [7, 11) is 1.54. The van der Waals surface area contributed by atoms with Crippen molar-refractivity contribution in [2.45, 2.75) is 24.2 Å². The molecular formula is C23H22F4N6O. The lowest BCUT2D eigenvalue weighted by Gasteiger charge is -2.31. The number of methoxy groups -OCH3 is 1. The normalized spacial score (nSPS) is 20.3. The lowest BCUT2D eigenvalue weighted by atomic mass is 10.0. The second kappa shape index (κ2) is 8.17. The van der Waals surface area contributed by atoms with E-state index in [1.54, 1.807) is 12.1 Å². The molecule has 3 aromatic heterocycles. The van der Waals surface area contributed by atoms with E-state index >= 15 is 0 Å². The van der Waals surface area contributed by atoms with Crippen LogP contribution < -0.4 is 10.5 Å². The molecule has 1 aliphatic heterocycles. The van der Waals surface area contributed by atoms with E-state index in [0.29, 0.717) is 28.4 Å². The Labute approximate surface area is 192 Å². The van der Waals surface area contributed by atoms with E-state index in [1.165, 1.54) is 34.7 Å². The number of ether oxygens (including phenoxy) is 1. The van der Waals surface area contributed by atoms with E-state index in [2.05, 4.69) is 15.2 Å². The first-order chi connectivity index (χ1) is 16.2. The van der Waals surface area contributed by atoms with Gasteiger partial charge in [-0.05, 0) is 30.2 Å². The zero-order chi connectivity index (χ0) is 24.1. The molecule has 0 bridgehead atoms. The van der Waals surface area contributed by atoms with E-state index in [9.17, 15) is 17.6 Å². The summed E-state index contributed by atoms with van der Waals surface area (Å²) in [6, 6.07) is 9.99. The molecule has 7 nitrogen and oxygen atoms in total. The molecule has 1 fully saturated rings. The Hall–Kier alpha value is -3.31. The number of halogens is 4. The smallest absolute Gasteiger partial charge is 0.408 e. The molecule has 4 heterocycles. The first-order valence-corrected chi connectivity index (χ1v) is 10.7. The number of benzene rings is 1. The van der Waals surface area contributed by atoms with Crippen LogP contribution in [0, 0.1) is 0 Å². The van der Waals surface area contributed by atoms with Crippen molar-refractivity contribution < 1.29 is 22.3 Å². The number of nitrogens with two attached hydrogens (primary N) is 1. The van der Waals surface area contributed by atoms with Crippen molar-refractivity contribution in [2.75, 3.05) is 26.9 Å². The number of fused-ring (bicyclic) bond motifs is 2. The molecule has 0 aliphatic carbocycles. The van der Waals surface area contributed by atoms with Crippen LogP contribution in [0.25, 0.3) is 28.1 Å². The van der Waals surface area contributed by atoms with Crippen LogP contribution in [0.2, 0.25) is 0 Å². The molecule has 1 aliphatic rings. The summed E-state index contributed by atoms with van der Waals surface area (Å²) in [6.45, 7) is -1.02. The van der Waals surface area contributed by atoms with Gasteiger partial charge in [0.25, 0.3) is 0 Å². The first kappa shape index (κ1) is 22.5. The number of rotatable bonds is 5. The molecule has 11 heteroatoms. The van der Waals surface area contributed by atoms with E-state index in [0.717, 1.165) is 5.39 Å². The Morgan fingerprint density at radius 2 is 1.97 bits per heavy atom. The number of alkyl halides is 4. The number of pyridine rings is 2. The lowest BCUT2D eigenvalue weighted by molar-refractivity contribution is -0.184. The van der Waals surface area contributed by atoms with Crippen molar-refractivity contribution in [2.24, 2.45) is 5.73 Å². The van der Waals surface area contributed by atoms with Gasteiger partial charge in [-0.3, -0.25) is 9.30 Å². The van der Waals surface area contributed by atoms with Crippen molar-refractivity contribution in [3.05, 3.63) is 54.2 Å². The summed E-state index contributed by atoms with van der Waals surface area (Å²) >= 11 is 0. The van der Waals surface area contributed by atoms with Gasteiger partial charge in [0.2, 0.25) is 0 Å². The summed E-state index contributed by atoms with van der Waals surface area (Å²) in [5.41, 5.74) is 6.05. The molecule has 2 atom stereocenters. The molecule has 34 heavy (non-hydrogen) atoms. The third-order valence-corrected chi connectivity index (χ3v) is 6.23. The molecular weight excluding hydrogens is 452 g/mol. The van der Waals surface area contributed by atoms with Crippen LogP contribution >= 0.6 is 0 Å². The van der Waals surface area contributed by atoms with Crippen LogP contribution in [0.15, 0.2) is 48.7 Å². The van der Waals surface area contributed by atoms with Gasteiger partial charge in [-0.2, -0.15) is 13.2 Å². The number of aromatic nitrogens is 4. The molecule has 1 saturated heterocycles. The number of likely N-dealkylation sites (tertiary alicyclic amines) is 1. The van der Waals surface area contributed by atoms with Gasteiger partial charge in [0.15, 0.2) is 11.5 Å². The van der Waals surface area contributed by atoms with Crippen molar-refractivity contribution >= 4 is 16.6 Å². The summed E-state index contributed by atoms with van der Waals surface area (Å²) in [4.78, 5) is 5.81. The van der Waals surface area contributed by atoms with Gasteiger partial charge < -0.3 is 10.5 Å². The maximum Gasteiger partial charge on any atom is 0.408 e. The van der Waals surface area contributed by atoms with Crippen LogP contribution in [-0.4, -0.2) is 63.1 Å². The standard InChI is InChI=1S/C23H22F4N6O/c1-34-17-4-2-3-14-5-7-16(29-19(14)17)21-31-30-18-8-6-15(11-33(18)21)20(23(25,26)27)32-10-9-22(28,12-24)13-32/h2-8,11,20H,9-10,12-13,28H2,1H3/t20-,22+/m1/s1. The molecule has 5 rings (SSSR count). The molecule has 1 aromatic carbocycles. The highest BCUT2D eigenvalue weighted by Gasteiger charge is 2.49. The number of nitrogens with zero attached hydrogens (tertiary/aromatic N) is 5. The monoisotopic (exact) mass is 474 g/mol. The third-order valence-electron chi connectivity index (χ3n) is 6.23. The maximum absolute atomic E-state index is 14.2. The zero-order valence-corrected chi connectivity index (χ0v) is 18.3. The number of hydrogen-bond acceptors (Lipinski definition) is 6. The van der Waals surface area contributed by atoms with Gasteiger partial charge in [0, 0.05) is 24.7 Å². The largest absolute Gasteiger partial charge is 0.494 e. The molecule has 0 unspecified atom stereocenters. The summed E-state index contributed by atoms with van der Waals surface area (Å²) in [6.07, 6.45) is -3.07. The average molecular weight is 474 g/mol. The van der Waals surface area contributed by atoms with Gasteiger partial charge in [-0.15, -0.1) is 10.2 Å². The first-order valence-electron chi connectivity index (χ1n) is 10.7. The Kier molecular flexibility index (Phi) is 5.40. The predicted molar refractivity (Wildman–Crippen MR) is 118 cm³/mol. The molecule has 2 N–H and O–H groups in total. The zero-order valence-electron chi connectivity index (χ0n) is 18.3. The van der Waals surface area contributed by atoms with Crippen LogP contribution in [0.5, 0.6) is 5.75 Å². The highest BCUT2D eigenvalue weighted by atomic mass is 19.4. The second-order valence-electron chi connectivity index (χ2n) is 8.60. The van der Waals surface area contributed by atoms with Crippen LogP contribution in [-0.2, 0) is 0 Å². The topological polar surface area (TPSA) is 81.6 Å². The number of hydrogen-bond donors (Lipinski definition) is 1. The fourth-order valence-electron chi connectivity index (χ4n) is 4.52. The summed E-state index contributed by atoms with van der Waals surface area (Å²) < 4.78 is 62.7. The van der Waals surface area contributed by atoms with Gasteiger partial charge in [0.1, 0.15) is 29.7 Å². The minimum Gasteiger partial charge on any atom is -0.494 e. The van der Waals surface area contributed by atoms with Crippen molar-refractivity contribution in [3.8, 4) is 17.3 Å². The maximum atomic E-state index is 14.2. The van der Waals surface area contributed by atoms with Gasteiger partial charge in [-0.1, -0.05) is 24.3 Å². The molecule has 178 valence electrons. The Morgan fingerprint density at radius 1 is 1.15 bits per heavy atom. The van der Waals surface area contributed by atoms with Crippen LogP contribution in [0.4, 0.5) is 17.6 Å². The highest BCUT2D eigenvalue weighted by molar-refractivity contribution is 5.86. The van der Waals surface area contributed by atoms with Crippen molar-refractivity contribution in [1.82, 2.24) is 24.5 Å². The van der Waals surface area contributed by atoms with Crippen molar-refractivity contribution in [3.63, 3.8) is 0 Å². The fraction of sp³-hybridized carbons (Fsp3) is 0.348. The van der Waals surface area contributed by atoms with Crippen LogP contribution in [0.3, 0.4) is 0 Å². The van der Waals surface area contributed by atoms with Crippen LogP contribution in [0.1, 0.15) is 18.0 Å². The molecule has 0 spiro atoms. The third kappa shape index (κ3) is 3.84. The Bertz CT molecular complexity index is 1360. The Balaban J connectivity index is 1.60. The fourth-order valence-corrected chi connectivity index (χ4v) is 4.52. The number of para-hydroxylation sites is 1. The van der Waals surface area contributed by atoms with Gasteiger partial charge in [-0.25, -0.2) is 9.37 Å². The minimum atomic E-state index is -4.59.